The van der Waals surface area contributed by atoms with Crippen molar-refractivity contribution in [1.82, 2.24) is 0 Å². The number of carboxylic acid groups (broad SMARTS) is 1. The van der Waals surface area contributed by atoms with E-state index >= 15 is 0 Å². The van der Waals surface area contributed by atoms with E-state index < -0.39 is 73.1 Å². The highest BCUT2D eigenvalue weighted by molar-refractivity contribution is 5.87. The van der Waals surface area contributed by atoms with Crippen molar-refractivity contribution in [2.24, 2.45) is 0 Å². The second-order valence-corrected chi connectivity index (χ2v) is 8.54. The van der Waals surface area contributed by atoms with Crippen molar-refractivity contribution in [3.05, 3.63) is 29.8 Å². The van der Waals surface area contributed by atoms with Crippen LogP contribution in [0.15, 0.2) is 24.3 Å². The number of carboxylic acids is 1. The molecule has 0 atom stereocenters. The van der Waals surface area contributed by atoms with E-state index in [4.69, 9.17) is 9.84 Å². The molecule has 0 aromatic heterocycles. The number of unbranched alkanes of at least 4 members (excludes halogenated alkanes) is 2. The van der Waals surface area contributed by atoms with Gasteiger partial charge in [-0.1, -0.05) is 0 Å². The minimum atomic E-state index is -8.49. The first-order chi connectivity index (χ1) is 18.8. The van der Waals surface area contributed by atoms with Crippen LogP contribution in [0.5, 0.6) is 5.75 Å². The first kappa shape index (κ1) is 36.9. The van der Waals surface area contributed by atoms with Crippen LogP contribution in [0.4, 0.5) is 65.9 Å². The lowest BCUT2D eigenvalue weighted by Crippen LogP contribution is -2.75. The van der Waals surface area contributed by atoms with Crippen LogP contribution in [0.2, 0.25) is 0 Å². The van der Waals surface area contributed by atoms with E-state index in [1.165, 1.54) is 24.3 Å². The molecule has 0 radical (unpaired) electrons. The number of alkyl halides is 15. The van der Waals surface area contributed by atoms with Gasteiger partial charge in [0, 0.05) is 6.42 Å². The summed E-state index contributed by atoms with van der Waals surface area (Å²) in [5, 5.41) is 8.77. The van der Waals surface area contributed by atoms with Crippen LogP contribution in [0, 0.1) is 0 Å². The Labute approximate surface area is 225 Å². The molecule has 1 aromatic carbocycles. The Bertz CT molecular complexity index is 1050. The zero-order valence-electron chi connectivity index (χ0n) is 20.5. The first-order valence-electron chi connectivity index (χ1n) is 11.2. The van der Waals surface area contributed by atoms with E-state index in [2.05, 4.69) is 4.74 Å². The third kappa shape index (κ3) is 7.27. The van der Waals surface area contributed by atoms with Gasteiger partial charge in [0.05, 0.1) is 25.2 Å². The molecule has 20 heteroatoms. The summed E-state index contributed by atoms with van der Waals surface area (Å²) in [4.78, 5) is 22.3. The van der Waals surface area contributed by atoms with Crippen LogP contribution < -0.4 is 4.74 Å². The second kappa shape index (κ2) is 12.6. The van der Waals surface area contributed by atoms with Gasteiger partial charge in [0.25, 0.3) is 0 Å². The van der Waals surface area contributed by atoms with Gasteiger partial charge < -0.3 is 14.6 Å². The number of hydrogen-bond acceptors (Lipinski definition) is 4. The number of ether oxygens (including phenoxy) is 2. The topological polar surface area (TPSA) is 72.8 Å². The quantitative estimate of drug-likeness (QED) is 0.120. The Morgan fingerprint density at radius 3 is 1.60 bits per heavy atom. The Morgan fingerprint density at radius 2 is 1.14 bits per heavy atom. The molecule has 1 aromatic rings. The van der Waals surface area contributed by atoms with Gasteiger partial charge in [0.2, 0.25) is 0 Å². The van der Waals surface area contributed by atoms with Gasteiger partial charge >= 0.3 is 53.7 Å². The van der Waals surface area contributed by atoms with Gasteiger partial charge in [-0.05, 0) is 43.5 Å². The van der Waals surface area contributed by atoms with Gasteiger partial charge in [-0.3, -0.25) is 4.79 Å². The lowest BCUT2D eigenvalue weighted by molar-refractivity contribution is -0.457. The molecule has 242 valence electrons. The molecule has 0 heterocycles. The third-order valence-corrected chi connectivity index (χ3v) is 5.54. The zero-order valence-corrected chi connectivity index (χ0v) is 20.5. The lowest BCUT2D eigenvalue weighted by atomic mass is 9.85. The maximum Gasteiger partial charge on any atom is 0.438 e. The van der Waals surface area contributed by atoms with Gasteiger partial charge in [-0.15, -0.1) is 0 Å². The van der Waals surface area contributed by atoms with Crippen LogP contribution in [-0.4, -0.2) is 72.0 Å². The highest BCUT2D eigenvalue weighted by atomic mass is 19.4. The van der Waals surface area contributed by atoms with Gasteiger partial charge in [-0.2, -0.15) is 61.5 Å². The lowest BCUT2D eigenvalue weighted by Gasteiger charge is -2.43. The molecule has 0 amide bonds. The summed E-state index contributed by atoms with van der Waals surface area (Å²) in [6.45, 7) is -1.87. The summed E-state index contributed by atoms with van der Waals surface area (Å²) in [6.07, 6.45) is -19.0. The predicted molar refractivity (Wildman–Crippen MR) is 109 cm³/mol. The van der Waals surface area contributed by atoms with Crippen LogP contribution in [0.3, 0.4) is 0 Å². The van der Waals surface area contributed by atoms with Gasteiger partial charge in [0.15, 0.2) is 0 Å². The fourth-order valence-electron chi connectivity index (χ4n) is 3.11. The van der Waals surface area contributed by atoms with E-state index in [0.717, 1.165) is 0 Å². The van der Waals surface area contributed by atoms with Crippen LogP contribution in [0.25, 0.3) is 0 Å². The second-order valence-electron chi connectivity index (χ2n) is 8.54. The minimum Gasteiger partial charge on any atom is -0.494 e. The van der Waals surface area contributed by atoms with Crippen molar-refractivity contribution >= 4 is 11.9 Å². The van der Waals surface area contributed by atoms with Crippen molar-refractivity contribution < 1.29 is 90.0 Å². The molecule has 42 heavy (non-hydrogen) atoms. The van der Waals surface area contributed by atoms with Crippen molar-refractivity contribution in [1.29, 1.82) is 0 Å². The number of benzene rings is 1. The molecule has 0 saturated heterocycles. The Morgan fingerprint density at radius 1 is 0.643 bits per heavy atom. The Balaban J connectivity index is 2.69. The molecule has 0 unspecified atom stereocenters. The molecule has 0 fully saturated rings. The molecule has 0 saturated carbocycles. The smallest absolute Gasteiger partial charge is 0.438 e. The van der Waals surface area contributed by atoms with Crippen LogP contribution in [0.1, 0.15) is 42.5 Å². The Kier molecular flexibility index (Phi) is 11.1. The highest BCUT2D eigenvalue weighted by Crippen LogP contribution is 2.64. The number of hydrogen-bond donors (Lipinski definition) is 1. The van der Waals surface area contributed by atoms with Crippen molar-refractivity contribution in [2.45, 2.75) is 73.8 Å². The summed E-state index contributed by atoms with van der Waals surface area (Å²) in [5.74, 6) is -33.3. The summed E-state index contributed by atoms with van der Waals surface area (Å²) in [6, 6.07) is 5.19. The number of carbonyl (C=O) groups excluding carboxylic acids is 1. The molecule has 0 bridgehead atoms. The third-order valence-electron chi connectivity index (χ3n) is 5.54. The molecular weight excluding hydrogens is 629 g/mol. The maximum absolute atomic E-state index is 13.8. The molecular formula is C22H19F15O5. The van der Waals surface area contributed by atoms with E-state index in [1.807, 2.05) is 0 Å². The van der Waals surface area contributed by atoms with Crippen molar-refractivity contribution in [2.75, 3.05) is 13.2 Å². The first-order valence-corrected chi connectivity index (χ1v) is 11.2. The van der Waals surface area contributed by atoms with Crippen molar-refractivity contribution in [3.63, 3.8) is 0 Å². The monoisotopic (exact) mass is 648 g/mol. The molecule has 0 aliphatic heterocycles. The molecule has 1 N–H and O–H groups in total. The molecule has 0 aliphatic carbocycles. The van der Waals surface area contributed by atoms with Gasteiger partial charge in [-0.25, -0.2) is 9.18 Å². The molecule has 0 aliphatic rings. The summed E-state index contributed by atoms with van der Waals surface area (Å²) >= 11 is 0. The van der Waals surface area contributed by atoms with Crippen LogP contribution >= 0.6 is 0 Å². The minimum absolute atomic E-state index is 0.0151. The summed E-state index contributed by atoms with van der Waals surface area (Å²) in [7, 11) is 0. The Hall–Kier alpha value is -3.09. The summed E-state index contributed by atoms with van der Waals surface area (Å²) in [5.41, 5.74) is -8.38. The average Bonchev–Trinajstić information content (AvgIpc) is 2.83. The van der Waals surface area contributed by atoms with E-state index in [-0.39, 0.29) is 37.2 Å². The van der Waals surface area contributed by atoms with E-state index in [0.29, 0.717) is 0 Å². The number of aromatic carboxylic acids is 1. The normalized spacial score (nSPS) is 14.1. The van der Waals surface area contributed by atoms with Gasteiger partial charge in [0.1, 0.15) is 5.75 Å². The molecule has 5 nitrogen and oxygen atoms in total. The zero-order chi connectivity index (χ0) is 33.0. The van der Waals surface area contributed by atoms with Crippen molar-refractivity contribution in [3.8, 4) is 5.75 Å². The highest BCUT2D eigenvalue weighted by Gasteiger charge is 2.95. The molecule has 1 rings (SSSR count). The fraction of sp³-hybridized carbons (Fsp3) is 0.636. The van der Waals surface area contributed by atoms with E-state index in [1.54, 1.807) is 0 Å². The van der Waals surface area contributed by atoms with Crippen LogP contribution in [-0.2, 0) is 9.53 Å². The molecule has 0 spiro atoms. The standard InChI is InChI=1S/C22H19F15O5/c23-16(24,18(26,27)20(30,31)19(28,29)17(25,21(32,33)34)22(35,36)37)9-11-42-14(38)4-2-1-3-10-41-13-7-5-12(6-8-13)15(39)40/h5-8H,1-4,9-11H2,(H,39,40). The van der Waals surface area contributed by atoms with E-state index in [9.17, 15) is 75.4 Å². The summed E-state index contributed by atoms with van der Waals surface area (Å²) < 4.78 is 207. The maximum atomic E-state index is 13.8. The predicted octanol–water partition coefficient (Wildman–Crippen LogP) is 7.63. The number of rotatable bonds is 15. The average molecular weight is 648 g/mol. The number of carbonyl (C=O) groups is 2. The SMILES string of the molecule is O=C(CCCCCOc1ccc(C(=O)O)cc1)OCCC(F)(F)C(F)(F)C(F)(F)C(F)(F)C(F)(C(F)(F)F)C(F)(F)F. The number of halogens is 15. The fourth-order valence-corrected chi connectivity index (χ4v) is 3.11. The largest absolute Gasteiger partial charge is 0.494 e. The number of esters is 1.